The van der Waals surface area contributed by atoms with Gasteiger partial charge in [-0.05, 0) is 40.8 Å². The lowest BCUT2D eigenvalue weighted by molar-refractivity contribution is 0.0666. The molecule has 112 valence electrons. The van der Waals surface area contributed by atoms with E-state index >= 15 is 0 Å². The number of fused-ring (bicyclic) bond motifs is 1. The number of aromatic nitrogens is 1. The number of pyridine rings is 1. The number of nitrogens with zero attached hydrogens (tertiary/aromatic N) is 1. The largest absolute Gasteiger partial charge is 0.475 e. The lowest BCUT2D eigenvalue weighted by Gasteiger charge is -2.07. The molecule has 0 saturated heterocycles. The first kappa shape index (κ1) is 15.0. The summed E-state index contributed by atoms with van der Waals surface area (Å²) in [6.07, 6.45) is 2.75. The van der Waals surface area contributed by atoms with Gasteiger partial charge in [-0.3, -0.25) is 4.98 Å². The summed E-state index contributed by atoms with van der Waals surface area (Å²) in [5.74, 6) is -2.16. The number of anilines is 2. The highest BCUT2D eigenvalue weighted by Gasteiger charge is 2.22. The number of furan rings is 1. The van der Waals surface area contributed by atoms with Crippen LogP contribution in [-0.4, -0.2) is 16.1 Å². The van der Waals surface area contributed by atoms with Crippen molar-refractivity contribution in [2.45, 2.75) is 0 Å². The van der Waals surface area contributed by atoms with E-state index in [9.17, 15) is 14.3 Å². The zero-order chi connectivity index (χ0) is 15.9. The number of nitrogens with one attached hydrogen (secondary N) is 1. The number of rotatable bonds is 3. The Morgan fingerprint density at radius 3 is 2.86 bits per heavy atom. The van der Waals surface area contributed by atoms with E-state index in [0.29, 0.717) is 5.39 Å². The van der Waals surface area contributed by atoms with Crippen LogP contribution in [0, 0.1) is 9.39 Å². The standard InChI is InChI=1S/C14H7ClFIN2O3/c15-8-5-18-4-7-11(13(14(20)21)22-12(7)8)19-10-2-1-6(17)3-9(10)16/h1-5,19H,(H,20,21). The minimum Gasteiger partial charge on any atom is -0.475 e. The maximum Gasteiger partial charge on any atom is 0.374 e. The van der Waals surface area contributed by atoms with Gasteiger partial charge in [-0.25, -0.2) is 9.18 Å². The fourth-order valence-electron chi connectivity index (χ4n) is 1.98. The van der Waals surface area contributed by atoms with E-state index in [2.05, 4.69) is 10.3 Å². The number of hydrogen-bond acceptors (Lipinski definition) is 4. The van der Waals surface area contributed by atoms with E-state index in [1.54, 1.807) is 6.07 Å². The first-order valence-corrected chi connectivity index (χ1v) is 7.44. The first-order chi connectivity index (χ1) is 10.5. The summed E-state index contributed by atoms with van der Waals surface area (Å²) >= 11 is 7.93. The second-order valence-corrected chi connectivity index (χ2v) is 6.01. The molecule has 2 aromatic heterocycles. The second kappa shape index (κ2) is 5.73. The Hall–Kier alpha value is -1.87. The average Bonchev–Trinajstić information content (AvgIpc) is 2.82. The number of halogens is 3. The van der Waals surface area contributed by atoms with Crippen molar-refractivity contribution in [3.8, 4) is 0 Å². The van der Waals surface area contributed by atoms with Gasteiger partial charge >= 0.3 is 5.97 Å². The molecule has 0 aliphatic carbocycles. The quantitative estimate of drug-likeness (QED) is 0.589. The monoisotopic (exact) mass is 432 g/mol. The van der Waals surface area contributed by atoms with Crippen molar-refractivity contribution in [3.63, 3.8) is 0 Å². The van der Waals surface area contributed by atoms with Gasteiger partial charge in [0.25, 0.3) is 0 Å². The van der Waals surface area contributed by atoms with E-state index in [-0.39, 0.29) is 27.7 Å². The molecule has 0 saturated carbocycles. The van der Waals surface area contributed by atoms with Crippen LogP contribution in [-0.2, 0) is 0 Å². The van der Waals surface area contributed by atoms with Gasteiger partial charge in [-0.1, -0.05) is 11.6 Å². The van der Waals surface area contributed by atoms with Crippen LogP contribution in [0.2, 0.25) is 5.02 Å². The molecule has 3 rings (SSSR count). The molecule has 0 atom stereocenters. The van der Waals surface area contributed by atoms with E-state index in [4.69, 9.17) is 16.0 Å². The van der Waals surface area contributed by atoms with Crippen LogP contribution in [0.4, 0.5) is 15.8 Å². The van der Waals surface area contributed by atoms with Gasteiger partial charge in [0.1, 0.15) is 16.5 Å². The van der Waals surface area contributed by atoms with Crippen LogP contribution in [0.15, 0.2) is 35.0 Å². The van der Waals surface area contributed by atoms with Crippen molar-refractivity contribution in [2.75, 3.05) is 5.32 Å². The van der Waals surface area contributed by atoms with Crippen LogP contribution in [0.5, 0.6) is 0 Å². The topological polar surface area (TPSA) is 75.4 Å². The summed E-state index contributed by atoms with van der Waals surface area (Å²) in [7, 11) is 0. The predicted molar refractivity (Wildman–Crippen MR) is 88.4 cm³/mol. The molecule has 1 aromatic carbocycles. The summed E-state index contributed by atoms with van der Waals surface area (Å²) in [5, 5.41) is 12.5. The zero-order valence-corrected chi connectivity index (χ0v) is 13.6. The van der Waals surface area contributed by atoms with Crippen LogP contribution in [0.1, 0.15) is 10.6 Å². The average molecular weight is 433 g/mol. The summed E-state index contributed by atoms with van der Waals surface area (Å²) in [6, 6.07) is 4.54. The van der Waals surface area contributed by atoms with Crippen molar-refractivity contribution in [1.29, 1.82) is 0 Å². The third kappa shape index (κ3) is 2.61. The molecule has 0 bridgehead atoms. The Bertz CT molecular complexity index is 897. The van der Waals surface area contributed by atoms with Gasteiger partial charge in [0.05, 0.1) is 11.1 Å². The minimum atomic E-state index is -1.29. The molecule has 22 heavy (non-hydrogen) atoms. The molecular formula is C14H7ClFIN2O3. The maximum atomic E-state index is 14.0. The number of benzene rings is 1. The normalized spacial score (nSPS) is 10.9. The van der Waals surface area contributed by atoms with Gasteiger partial charge in [-0.2, -0.15) is 0 Å². The molecule has 2 N–H and O–H groups in total. The molecule has 3 aromatic rings. The molecule has 0 fully saturated rings. The minimum absolute atomic E-state index is 0.109. The Morgan fingerprint density at radius 2 is 2.18 bits per heavy atom. The SMILES string of the molecule is O=C(O)c1oc2c(Cl)cncc2c1Nc1ccc(I)cc1F. The van der Waals surface area contributed by atoms with E-state index in [1.807, 2.05) is 22.6 Å². The van der Waals surface area contributed by atoms with Crippen LogP contribution in [0.3, 0.4) is 0 Å². The molecule has 0 radical (unpaired) electrons. The fourth-order valence-corrected chi connectivity index (χ4v) is 2.63. The molecule has 0 aliphatic heterocycles. The van der Waals surface area contributed by atoms with Crippen molar-refractivity contribution in [1.82, 2.24) is 4.98 Å². The molecule has 8 heteroatoms. The summed E-state index contributed by atoms with van der Waals surface area (Å²) in [4.78, 5) is 15.2. The van der Waals surface area contributed by atoms with Crippen LogP contribution in [0.25, 0.3) is 11.0 Å². The maximum absolute atomic E-state index is 14.0. The van der Waals surface area contributed by atoms with E-state index < -0.39 is 11.8 Å². The van der Waals surface area contributed by atoms with Crippen molar-refractivity contribution in [2.24, 2.45) is 0 Å². The second-order valence-electron chi connectivity index (χ2n) is 4.36. The molecule has 0 spiro atoms. The Balaban J connectivity index is 2.18. The third-order valence-electron chi connectivity index (χ3n) is 2.94. The van der Waals surface area contributed by atoms with Gasteiger partial charge in [0, 0.05) is 16.0 Å². The summed E-state index contributed by atoms with van der Waals surface area (Å²) in [5.41, 5.74) is 0.422. The zero-order valence-electron chi connectivity index (χ0n) is 10.7. The van der Waals surface area contributed by atoms with Crippen LogP contribution < -0.4 is 5.32 Å². The predicted octanol–water partition coefficient (Wildman–Crippen LogP) is 4.67. The lowest BCUT2D eigenvalue weighted by atomic mass is 10.2. The number of aromatic carboxylic acids is 1. The Labute approximate surface area is 142 Å². The Kier molecular flexibility index (Phi) is 3.92. The van der Waals surface area contributed by atoms with Gasteiger partial charge in [0.15, 0.2) is 5.58 Å². The molecule has 0 aliphatic rings. The first-order valence-electron chi connectivity index (χ1n) is 5.98. The molecular weight excluding hydrogens is 426 g/mol. The molecule has 2 heterocycles. The number of carbonyl (C=O) groups is 1. The molecule has 0 amide bonds. The lowest BCUT2D eigenvalue weighted by Crippen LogP contribution is -2.01. The Morgan fingerprint density at radius 1 is 1.41 bits per heavy atom. The van der Waals surface area contributed by atoms with E-state index in [1.165, 1.54) is 24.5 Å². The highest BCUT2D eigenvalue weighted by molar-refractivity contribution is 14.1. The van der Waals surface area contributed by atoms with Gasteiger partial charge in [0.2, 0.25) is 5.76 Å². The number of hydrogen-bond donors (Lipinski definition) is 2. The van der Waals surface area contributed by atoms with Crippen molar-refractivity contribution < 1.29 is 18.7 Å². The van der Waals surface area contributed by atoms with Gasteiger partial charge in [-0.15, -0.1) is 0 Å². The number of carboxylic acid groups (broad SMARTS) is 1. The summed E-state index contributed by atoms with van der Waals surface area (Å²) in [6.45, 7) is 0. The highest BCUT2D eigenvalue weighted by Crippen LogP contribution is 2.36. The van der Waals surface area contributed by atoms with Gasteiger partial charge < -0.3 is 14.8 Å². The third-order valence-corrected chi connectivity index (χ3v) is 3.88. The summed E-state index contributed by atoms with van der Waals surface area (Å²) < 4.78 is 20.0. The number of carboxylic acids is 1. The van der Waals surface area contributed by atoms with Crippen LogP contribution >= 0.6 is 34.2 Å². The van der Waals surface area contributed by atoms with Crippen molar-refractivity contribution >= 4 is 62.5 Å². The van der Waals surface area contributed by atoms with Crippen molar-refractivity contribution in [3.05, 3.63) is 50.8 Å². The fraction of sp³-hybridized carbons (Fsp3) is 0. The molecule has 5 nitrogen and oxygen atoms in total. The highest BCUT2D eigenvalue weighted by atomic mass is 127. The smallest absolute Gasteiger partial charge is 0.374 e. The van der Waals surface area contributed by atoms with E-state index in [0.717, 1.165) is 3.57 Å². The molecule has 0 unspecified atom stereocenters.